The number of alkyl halides is 1. The largest absolute Gasteiger partial charge is 0.349 e. The smallest absolute Gasteiger partial charge is 0.265 e. The van der Waals surface area contributed by atoms with Crippen LogP contribution in [0.2, 0.25) is 0 Å². The van der Waals surface area contributed by atoms with Gasteiger partial charge in [-0.15, -0.1) is 5.10 Å². The third kappa shape index (κ3) is 3.25. The van der Waals surface area contributed by atoms with Crippen molar-refractivity contribution in [2.24, 2.45) is 0 Å². The average Bonchev–Trinajstić information content (AvgIpc) is 2.80. The fourth-order valence-electron chi connectivity index (χ4n) is 2.06. The Labute approximate surface area is 113 Å². The molecule has 1 saturated carbocycles. The van der Waals surface area contributed by atoms with Gasteiger partial charge in [0.1, 0.15) is 4.88 Å². The van der Waals surface area contributed by atoms with Crippen LogP contribution in [-0.4, -0.2) is 26.4 Å². The molecule has 1 amide bonds. The van der Waals surface area contributed by atoms with Gasteiger partial charge in [0.2, 0.25) is 0 Å². The second-order valence-electron chi connectivity index (χ2n) is 4.32. The molecule has 0 unspecified atom stereocenters. The van der Waals surface area contributed by atoms with Gasteiger partial charge in [-0.3, -0.25) is 4.79 Å². The number of hydrogen-bond donors (Lipinski definition) is 1. The van der Waals surface area contributed by atoms with Crippen molar-refractivity contribution in [1.29, 1.82) is 0 Å². The SMILES string of the molecule is CCc1nnsc1C(=O)NC1CCC(Br)CC1. The van der Waals surface area contributed by atoms with E-state index in [1.54, 1.807) is 0 Å². The van der Waals surface area contributed by atoms with Crippen LogP contribution in [0.5, 0.6) is 0 Å². The Morgan fingerprint density at radius 3 is 2.82 bits per heavy atom. The lowest BCUT2D eigenvalue weighted by atomic mass is 9.95. The summed E-state index contributed by atoms with van der Waals surface area (Å²) in [4.78, 5) is 13.3. The summed E-state index contributed by atoms with van der Waals surface area (Å²) in [6.07, 6.45) is 5.12. The minimum atomic E-state index is -0.00475. The maximum absolute atomic E-state index is 12.0. The maximum atomic E-state index is 12.0. The second-order valence-corrected chi connectivity index (χ2v) is 6.37. The van der Waals surface area contributed by atoms with E-state index in [4.69, 9.17) is 0 Å². The summed E-state index contributed by atoms with van der Waals surface area (Å²) in [6.45, 7) is 1.99. The van der Waals surface area contributed by atoms with Crippen LogP contribution in [0.25, 0.3) is 0 Å². The molecule has 4 nitrogen and oxygen atoms in total. The predicted octanol–water partition coefficient (Wildman–Crippen LogP) is 2.54. The van der Waals surface area contributed by atoms with Crippen molar-refractivity contribution in [3.05, 3.63) is 10.6 Å². The van der Waals surface area contributed by atoms with E-state index in [0.29, 0.717) is 15.7 Å². The molecule has 0 atom stereocenters. The highest BCUT2D eigenvalue weighted by atomic mass is 79.9. The summed E-state index contributed by atoms with van der Waals surface area (Å²) in [5, 5.41) is 7.05. The molecule has 2 rings (SSSR count). The predicted molar refractivity (Wildman–Crippen MR) is 71.7 cm³/mol. The minimum absolute atomic E-state index is 0.00475. The fraction of sp³-hybridized carbons (Fsp3) is 0.727. The summed E-state index contributed by atoms with van der Waals surface area (Å²) < 4.78 is 3.84. The standard InChI is InChI=1S/C11H16BrN3OS/c1-2-9-10(17-15-14-9)11(16)13-8-5-3-7(12)4-6-8/h7-8H,2-6H2,1H3,(H,13,16). The lowest BCUT2D eigenvalue weighted by molar-refractivity contribution is 0.0931. The molecule has 1 heterocycles. The van der Waals surface area contributed by atoms with Gasteiger partial charge in [-0.1, -0.05) is 27.3 Å². The van der Waals surface area contributed by atoms with Crippen molar-refractivity contribution in [2.75, 3.05) is 0 Å². The van der Waals surface area contributed by atoms with E-state index in [1.165, 1.54) is 11.5 Å². The molecule has 1 N–H and O–H groups in total. The molecule has 0 spiro atoms. The van der Waals surface area contributed by atoms with Gasteiger partial charge in [0.15, 0.2) is 0 Å². The first-order valence-electron chi connectivity index (χ1n) is 5.96. The van der Waals surface area contributed by atoms with Crippen molar-refractivity contribution >= 4 is 33.4 Å². The molecule has 0 radical (unpaired) electrons. The van der Waals surface area contributed by atoms with Crippen LogP contribution < -0.4 is 5.32 Å². The van der Waals surface area contributed by atoms with Gasteiger partial charge in [0, 0.05) is 10.9 Å². The van der Waals surface area contributed by atoms with E-state index >= 15 is 0 Å². The number of rotatable bonds is 3. The van der Waals surface area contributed by atoms with Crippen LogP contribution in [-0.2, 0) is 6.42 Å². The topological polar surface area (TPSA) is 54.9 Å². The Balaban J connectivity index is 1.93. The molecule has 0 saturated heterocycles. The third-order valence-corrected chi connectivity index (χ3v) is 4.77. The molecule has 1 aromatic rings. The van der Waals surface area contributed by atoms with Crippen LogP contribution in [0, 0.1) is 0 Å². The quantitative estimate of drug-likeness (QED) is 0.872. The Bertz CT molecular complexity index is 388. The number of aryl methyl sites for hydroxylation is 1. The maximum Gasteiger partial charge on any atom is 0.265 e. The molecule has 6 heteroatoms. The Morgan fingerprint density at radius 1 is 1.47 bits per heavy atom. The van der Waals surface area contributed by atoms with Crippen molar-refractivity contribution in [3.63, 3.8) is 0 Å². The number of carbonyl (C=O) groups is 1. The zero-order chi connectivity index (χ0) is 12.3. The molecule has 0 bridgehead atoms. The van der Waals surface area contributed by atoms with Crippen LogP contribution in [0.1, 0.15) is 48.0 Å². The number of halogens is 1. The monoisotopic (exact) mass is 317 g/mol. The highest BCUT2D eigenvalue weighted by molar-refractivity contribution is 9.09. The summed E-state index contributed by atoms with van der Waals surface area (Å²) in [7, 11) is 0. The van der Waals surface area contributed by atoms with Gasteiger partial charge in [-0.2, -0.15) is 0 Å². The van der Waals surface area contributed by atoms with Crippen LogP contribution >= 0.6 is 27.5 Å². The lowest BCUT2D eigenvalue weighted by Crippen LogP contribution is -2.37. The molecular weight excluding hydrogens is 302 g/mol. The number of amides is 1. The van der Waals surface area contributed by atoms with Crippen molar-refractivity contribution in [1.82, 2.24) is 14.9 Å². The molecule has 94 valence electrons. The highest BCUT2D eigenvalue weighted by Gasteiger charge is 2.23. The lowest BCUT2D eigenvalue weighted by Gasteiger charge is -2.25. The zero-order valence-corrected chi connectivity index (χ0v) is 12.2. The third-order valence-electron chi connectivity index (χ3n) is 3.09. The van der Waals surface area contributed by atoms with E-state index in [-0.39, 0.29) is 5.91 Å². The molecule has 1 aliphatic carbocycles. The Kier molecular flexibility index (Phi) is 4.50. The van der Waals surface area contributed by atoms with Crippen LogP contribution in [0.15, 0.2) is 0 Å². The van der Waals surface area contributed by atoms with Crippen LogP contribution in [0.4, 0.5) is 0 Å². The average molecular weight is 318 g/mol. The fourth-order valence-corrected chi connectivity index (χ4v) is 3.24. The molecule has 1 aromatic heterocycles. The number of hydrogen-bond acceptors (Lipinski definition) is 4. The molecule has 0 aliphatic heterocycles. The summed E-state index contributed by atoms with van der Waals surface area (Å²) in [5.41, 5.74) is 0.807. The zero-order valence-electron chi connectivity index (χ0n) is 9.78. The van der Waals surface area contributed by atoms with Crippen molar-refractivity contribution < 1.29 is 4.79 Å². The Morgan fingerprint density at radius 2 is 2.18 bits per heavy atom. The number of aromatic nitrogens is 2. The van der Waals surface area contributed by atoms with Gasteiger partial charge in [0.05, 0.1) is 5.69 Å². The summed E-state index contributed by atoms with van der Waals surface area (Å²) in [5.74, 6) is -0.00475. The van der Waals surface area contributed by atoms with E-state index < -0.39 is 0 Å². The molecule has 17 heavy (non-hydrogen) atoms. The van der Waals surface area contributed by atoms with Gasteiger partial charge >= 0.3 is 0 Å². The summed E-state index contributed by atoms with van der Waals surface area (Å²) >= 11 is 4.80. The molecule has 1 aliphatic rings. The first kappa shape index (κ1) is 13.0. The Hall–Kier alpha value is -0.490. The van der Waals surface area contributed by atoms with Crippen LogP contribution in [0.3, 0.4) is 0 Å². The van der Waals surface area contributed by atoms with E-state index in [9.17, 15) is 4.79 Å². The second kappa shape index (κ2) is 5.91. The van der Waals surface area contributed by atoms with Crippen molar-refractivity contribution in [2.45, 2.75) is 49.9 Å². The van der Waals surface area contributed by atoms with Gasteiger partial charge < -0.3 is 5.32 Å². The van der Waals surface area contributed by atoms with Gasteiger partial charge in [0.25, 0.3) is 5.91 Å². The van der Waals surface area contributed by atoms with Gasteiger partial charge in [-0.25, -0.2) is 0 Å². The normalized spacial score (nSPS) is 24.6. The molecule has 0 aromatic carbocycles. The first-order chi connectivity index (χ1) is 8.20. The highest BCUT2D eigenvalue weighted by Crippen LogP contribution is 2.24. The first-order valence-corrected chi connectivity index (χ1v) is 7.65. The van der Waals surface area contributed by atoms with Crippen molar-refractivity contribution in [3.8, 4) is 0 Å². The number of nitrogens with one attached hydrogen (secondary N) is 1. The van der Waals surface area contributed by atoms with Gasteiger partial charge in [-0.05, 0) is 43.6 Å². The molecule has 1 fully saturated rings. The van der Waals surface area contributed by atoms with E-state index in [0.717, 1.165) is 37.8 Å². The van der Waals surface area contributed by atoms with E-state index in [1.807, 2.05) is 6.92 Å². The van der Waals surface area contributed by atoms with E-state index in [2.05, 4.69) is 30.8 Å². The number of carbonyl (C=O) groups excluding carboxylic acids is 1. The number of nitrogens with zero attached hydrogens (tertiary/aromatic N) is 2. The molecular formula is C11H16BrN3OS. The minimum Gasteiger partial charge on any atom is -0.349 e. The summed E-state index contributed by atoms with van der Waals surface area (Å²) in [6, 6.07) is 0.308.